The number of nitrogens with one attached hydrogen (secondary N) is 1. The number of hydroxylamine groups is 1. The predicted molar refractivity (Wildman–Crippen MR) is 98.0 cm³/mol. The molecule has 1 aromatic carbocycles. The van der Waals surface area contributed by atoms with Crippen molar-refractivity contribution in [3.8, 4) is 0 Å². The van der Waals surface area contributed by atoms with Crippen molar-refractivity contribution in [1.29, 1.82) is 0 Å². The summed E-state index contributed by atoms with van der Waals surface area (Å²) in [5.41, 5.74) is 14.5. The zero-order valence-corrected chi connectivity index (χ0v) is 14.4. The summed E-state index contributed by atoms with van der Waals surface area (Å²) in [6.07, 6.45) is 0.199. The molecule has 4 unspecified atom stereocenters. The molecule has 1 saturated carbocycles. The van der Waals surface area contributed by atoms with Crippen molar-refractivity contribution in [3.05, 3.63) is 42.1 Å². The molecule has 0 bridgehead atoms. The number of amides is 1. The summed E-state index contributed by atoms with van der Waals surface area (Å²) in [7, 11) is 0. The number of ketones is 1. The number of pyridine rings is 1. The van der Waals surface area contributed by atoms with Crippen LogP contribution in [0.3, 0.4) is 0 Å². The Morgan fingerprint density at radius 2 is 2.04 bits per heavy atom. The molecule has 0 aliphatic heterocycles. The van der Waals surface area contributed by atoms with Crippen LogP contribution in [0.25, 0.3) is 10.9 Å². The molecule has 142 valence electrons. The number of amidine groups is 1. The third-order valence-corrected chi connectivity index (χ3v) is 4.79. The monoisotopic (exact) mass is 371 g/mol. The minimum absolute atomic E-state index is 0.0954. The Bertz CT molecular complexity index is 900. The maximum Gasteiger partial charge on any atom is 0.234 e. The van der Waals surface area contributed by atoms with E-state index in [1.807, 2.05) is 23.7 Å². The number of nitrogens with two attached hydrogens (primary N) is 2. The van der Waals surface area contributed by atoms with Crippen LogP contribution in [0.4, 0.5) is 0 Å². The number of benzene rings is 1. The number of carbonyl (C=O) groups is 2. The normalized spacial score (nSPS) is 24.3. The van der Waals surface area contributed by atoms with Gasteiger partial charge < -0.3 is 21.8 Å². The number of para-hydroxylation sites is 1. The number of Topliss-reactive ketones (excluding diaryl/α,β-unsaturated/α-hetero) is 1. The highest BCUT2D eigenvalue weighted by Gasteiger charge is 2.42. The molecule has 3 rings (SSSR count). The number of aliphatic imine (C=N–C) groups is 1. The van der Waals surface area contributed by atoms with Crippen LogP contribution in [0.5, 0.6) is 0 Å². The number of primary amides is 1. The highest BCUT2D eigenvalue weighted by atomic mass is 16.5. The fourth-order valence-corrected chi connectivity index (χ4v) is 3.38. The molecule has 9 heteroatoms. The van der Waals surface area contributed by atoms with Gasteiger partial charge in [-0.2, -0.15) is 5.48 Å². The zero-order chi connectivity index (χ0) is 19.6. The van der Waals surface area contributed by atoms with Crippen LogP contribution in [0, 0.1) is 5.92 Å². The first-order chi connectivity index (χ1) is 13.0. The first kappa shape index (κ1) is 18.9. The van der Waals surface area contributed by atoms with E-state index in [2.05, 4.69) is 9.98 Å². The lowest BCUT2D eigenvalue weighted by Gasteiger charge is -2.17. The molecule has 2 aromatic rings. The van der Waals surface area contributed by atoms with E-state index >= 15 is 0 Å². The van der Waals surface area contributed by atoms with Crippen molar-refractivity contribution in [2.45, 2.75) is 24.4 Å². The third-order valence-electron chi connectivity index (χ3n) is 4.79. The summed E-state index contributed by atoms with van der Waals surface area (Å²) in [5, 5.41) is 19.4. The van der Waals surface area contributed by atoms with Crippen molar-refractivity contribution in [1.82, 2.24) is 10.5 Å². The standard InChI is InChI=1S/C18H21N5O4/c19-17(22-13-7-10(8-24)16(25)15(13)23-27)14(18(20)26)12-6-5-9-3-1-2-4-11(9)21-12/h1-6,10,13-15,23-24,27H,7-8H2,(H2,19,22)(H2,20,26). The number of aliphatic hydroxyl groups is 1. The van der Waals surface area contributed by atoms with Crippen molar-refractivity contribution in [2.75, 3.05) is 6.61 Å². The molecule has 0 radical (unpaired) electrons. The van der Waals surface area contributed by atoms with E-state index in [-0.39, 0.29) is 24.6 Å². The molecule has 0 spiro atoms. The average molecular weight is 371 g/mol. The fourth-order valence-electron chi connectivity index (χ4n) is 3.38. The SMILES string of the molecule is NC(=O)C(C(N)=NC1CC(CO)C(=O)C1NO)c1ccc2ccccc2n1. The lowest BCUT2D eigenvalue weighted by atomic mass is 10.0. The Balaban J connectivity index is 1.95. The van der Waals surface area contributed by atoms with Crippen LogP contribution in [-0.4, -0.2) is 51.5 Å². The second-order valence-corrected chi connectivity index (χ2v) is 6.51. The summed E-state index contributed by atoms with van der Waals surface area (Å²) >= 11 is 0. The first-order valence-electron chi connectivity index (χ1n) is 8.48. The zero-order valence-electron chi connectivity index (χ0n) is 14.4. The predicted octanol–water partition coefficient (Wildman–Crippen LogP) is -0.542. The Hall–Kier alpha value is -2.88. The molecule has 7 N–H and O–H groups in total. The number of hydrogen-bond acceptors (Lipinski definition) is 7. The van der Waals surface area contributed by atoms with Crippen LogP contribution in [0.15, 0.2) is 41.4 Å². The maximum absolute atomic E-state index is 12.1. The van der Waals surface area contributed by atoms with E-state index in [0.29, 0.717) is 11.2 Å². The van der Waals surface area contributed by atoms with Gasteiger partial charge in [0.15, 0.2) is 5.78 Å². The van der Waals surface area contributed by atoms with Crippen LogP contribution >= 0.6 is 0 Å². The van der Waals surface area contributed by atoms with Crippen LogP contribution in [0.2, 0.25) is 0 Å². The minimum atomic E-state index is -1.07. The van der Waals surface area contributed by atoms with Gasteiger partial charge in [-0.05, 0) is 18.6 Å². The number of hydrogen-bond donors (Lipinski definition) is 5. The lowest BCUT2D eigenvalue weighted by Crippen LogP contribution is -2.41. The average Bonchev–Trinajstić information content (AvgIpc) is 2.95. The molecule has 4 atom stereocenters. The second-order valence-electron chi connectivity index (χ2n) is 6.51. The van der Waals surface area contributed by atoms with Gasteiger partial charge in [-0.3, -0.25) is 19.6 Å². The number of aromatic nitrogens is 1. The number of nitrogens with zero attached hydrogens (tertiary/aromatic N) is 2. The van der Waals surface area contributed by atoms with Gasteiger partial charge in [0.25, 0.3) is 0 Å². The quantitative estimate of drug-likeness (QED) is 0.258. The summed E-state index contributed by atoms with van der Waals surface area (Å²) in [6, 6.07) is 9.13. The van der Waals surface area contributed by atoms with Gasteiger partial charge in [0.05, 0.1) is 23.9 Å². The summed E-state index contributed by atoms with van der Waals surface area (Å²) < 4.78 is 0. The summed E-state index contributed by atoms with van der Waals surface area (Å²) in [4.78, 5) is 32.8. The molecule has 1 heterocycles. The Morgan fingerprint density at radius 1 is 1.30 bits per heavy atom. The summed E-state index contributed by atoms with van der Waals surface area (Å²) in [5.74, 6) is -2.90. The molecule has 1 aliphatic rings. The van der Waals surface area contributed by atoms with E-state index < -0.39 is 29.8 Å². The molecular formula is C18H21N5O4. The first-order valence-corrected chi connectivity index (χ1v) is 8.48. The second kappa shape index (κ2) is 7.78. The Labute approximate surface area is 155 Å². The Morgan fingerprint density at radius 3 is 2.70 bits per heavy atom. The number of fused-ring (bicyclic) bond motifs is 1. The lowest BCUT2D eigenvalue weighted by molar-refractivity contribution is -0.125. The van der Waals surface area contributed by atoms with Crippen molar-refractivity contribution < 1.29 is 19.9 Å². The van der Waals surface area contributed by atoms with Crippen LogP contribution < -0.4 is 16.9 Å². The maximum atomic E-state index is 12.1. The Kier molecular flexibility index (Phi) is 5.45. The van der Waals surface area contributed by atoms with E-state index in [9.17, 15) is 19.9 Å². The van der Waals surface area contributed by atoms with E-state index in [1.54, 1.807) is 18.2 Å². The number of aliphatic hydroxyl groups excluding tert-OH is 1. The van der Waals surface area contributed by atoms with Gasteiger partial charge in [0, 0.05) is 11.3 Å². The van der Waals surface area contributed by atoms with Crippen molar-refractivity contribution in [2.24, 2.45) is 22.4 Å². The van der Waals surface area contributed by atoms with E-state index in [1.165, 1.54) is 0 Å². The third kappa shape index (κ3) is 3.65. The highest BCUT2D eigenvalue weighted by Crippen LogP contribution is 2.26. The molecule has 1 amide bonds. The van der Waals surface area contributed by atoms with Crippen molar-refractivity contribution >= 4 is 28.4 Å². The fraction of sp³-hybridized carbons (Fsp3) is 0.333. The van der Waals surface area contributed by atoms with Crippen molar-refractivity contribution in [3.63, 3.8) is 0 Å². The van der Waals surface area contributed by atoms with Gasteiger partial charge in [-0.1, -0.05) is 24.3 Å². The molecule has 0 saturated heterocycles. The van der Waals surface area contributed by atoms with Crippen LogP contribution in [0.1, 0.15) is 18.0 Å². The van der Waals surface area contributed by atoms with Crippen LogP contribution in [-0.2, 0) is 9.59 Å². The number of rotatable bonds is 6. The molecule has 1 aliphatic carbocycles. The van der Waals surface area contributed by atoms with Gasteiger partial charge in [-0.25, -0.2) is 0 Å². The van der Waals surface area contributed by atoms with Gasteiger partial charge >= 0.3 is 0 Å². The number of carbonyl (C=O) groups excluding carboxylic acids is 2. The minimum Gasteiger partial charge on any atom is -0.396 e. The molecule has 1 fully saturated rings. The van der Waals surface area contributed by atoms with E-state index in [4.69, 9.17) is 11.5 Å². The van der Waals surface area contributed by atoms with Gasteiger partial charge in [0.1, 0.15) is 17.8 Å². The van der Waals surface area contributed by atoms with Gasteiger partial charge in [0.2, 0.25) is 5.91 Å². The highest BCUT2D eigenvalue weighted by molar-refractivity contribution is 6.07. The van der Waals surface area contributed by atoms with E-state index in [0.717, 1.165) is 5.39 Å². The molecular weight excluding hydrogens is 350 g/mol. The largest absolute Gasteiger partial charge is 0.396 e. The molecule has 1 aromatic heterocycles. The summed E-state index contributed by atoms with van der Waals surface area (Å²) in [6.45, 7) is -0.353. The smallest absolute Gasteiger partial charge is 0.234 e. The molecule has 9 nitrogen and oxygen atoms in total. The topological polar surface area (TPSA) is 164 Å². The van der Waals surface area contributed by atoms with Gasteiger partial charge in [-0.15, -0.1) is 0 Å². The molecule has 27 heavy (non-hydrogen) atoms.